The molecule has 0 saturated carbocycles. The number of nitrogen functional groups attached to an aromatic ring is 1. The number of pyridine rings is 3. The Morgan fingerprint density at radius 3 is 2.52 bits per heavy atom. The molecule has 29 heavy (non-hydrogen) atoms. The van der Waals surface area contributed by atoms with Gasteiger partial charge in [0.15, 0.2) is 0 Å². The molecule has 1 aliphatic rings. The van der Waals surface area contributed by atoms with Gasteiger partial charge in [-0.15, -0.1) is 0 Å². The van der Waals surface area contributed by atoms with E-state index in [2.05, 4.69) is 15.0 Å². The number of aliphatic imine (C=N–C) groups is 1. The van der Waals surface area contributed by atoms with E-state index < -0.39 is 11.5 Å². The van der Waals surface area contributed by atoms with Crippen LogP contribution < -0.4 is 5.73 Å². The number of anilines is 1. The first-order valence-electron chi connectivity index (χ1n) is 9.12. The van der Waals surface area contributed by atoms with Crippen LogP contribution in [0.4, 0.5) is 10.2 Å². The number of hydrogen-bond donors (Lipinski definition) is 1. The summed E-state index contributed by atoms with van der Waals surface area (Å²) in [5.41, 5.74) is 10.1. The molecule has 1 aromatic carbocycles. The van der Waals surface area contributed by atoms with E-state index in [9.17, 15) is 4.39 Å². The minimum absolute atomic E-state index is 0.412. The van der Waals surface area contributed by atoms with Gasteiger partial charge in [0.25, 0.3) is 0 Å². The third-order valence-corrected chi connectivity index (χ3v) is 5.22. The molecular weight excluding hydrogens is 365 g/mol. The standard InChI is InChI=1S/C23H16FN5/c24-21-19(5-2-9-27-21)15-3-1-4-18(13-15)23(17-7-10-26-11-8-17)20-16(14-29-23)6-12-28-22(20)25/h1-14H,(H2,25,28). The highest BCUT2D eigenvalue weighted by Crippen LogP contribution is 2.47. The Kier molecular flexibility index (Phi) is 3.91. The zero-order chi connectivity index (χ0) is 19.8. The molecular formula is C23H16FN5. The molecule has 1 atom stereocenters. The Labute approximate surface area is 166 Å². The molecule has 1 unspecified atom stereocenters. The fourth-order valence-corrected chi connectivity index (χ4v) is 3.94. The number of aromatic nitrogens is 3. The Morgan fingerprint density at radius 2 is 1.69 bits per heavy atom. The summed E-state index contributed by atoms with van der Waals surface area (Å²) in [7, 11) is 0. The zero-order valence-corrected chi connectivity index (χ0v) is 15.3. The molecule has 0 radical (unpaired) electrons. The molecule has 3 aromatic heterocycles. The minimum Gasteiger partial charge on any atom is -0.383 e. The molecule has 140 valence electrons. The van der Waals surface area contributed by atoms with Crippen LogP contribution in [0.5, 0.6) is 0 Å². The quantitative estimate of drug-likeness (QED) is 0.545. The molecule has 0 spiro atoms. The second-order valence-corrected chi connectivity index (χ2v) is 6.79. The van der Waals surface area contributed by atoms with Gasteiger partial charge >= 0.3 is 0 Å². The van der Waals surface area contributed by atoms with E-state index in [0.29, 0.717) is 16.9 Å². The van der Waals surface area contributed by atoms with Crippen LogP contribution in [0.2, 0.25) is 0 Å². The van der Waals surface area contributed by atoms with Crippen molar-refractivity contribution in [1.82, 2.24) is 15.0 Å². The lowest BCUT2D eigenvalue weighted by molar-refractivity contribution is 0.587. The molecule has 5 nitrogen and oxygen atoms in total. The first kappa shape index (κ1) is 17.2. The zero-order valence-electron chi connectivity index (χ0n) is 15.3. The van der Waals surface area contributed by atoms with Crippen LogP contribution in [-0.2, 0) is 5.54 Å². The van der Waals surface area contributed by atoms with Crippen molar-refractivity contribution < 1.29 is 4.39 Å². The molecule has 4 aromatic rings. The number of hydrogen-bond acceptors (Lipinski definition) is 5. The van der Waals surface area contributed by atoms with Gasteiger partial charge in [0.05, 0.1) is 0 Å². The predicted octanol–water partition coefficient (Wildman–Crippen LogP) is 3.98. The van der Waals surface area contributed by atoms with E-state index in [4.69, 9.17) is 10.7 Å². The van der Waals surface area contributed by atoms with Crippen molar-refractivity contribution in [3.05, 3.63) is 108 Å². The predicted molar refractivity (Wildman–Crippen MR) is 110 cm³/mol. The summed E-state index contributed by atoms with van der Waals surface area (Å²) in [6, 6.07) is 16.8. The lowest BCUT2D eigenvalue weighted by Gasteiger charge is -2.30. The van der Waals surface area contributed by atoms with E-state index in [0.717, 1.165) is 22.3 Å². The largest absolute Gasteiger partial charge is 0.383 e. The fourth-order valence-electron chi connectivity index (χ4n) is 3.94. The van der Waals surface area contributed by atoms with Crippen molar-refractivity contribution in [1.29, 1.82) is 0 Å². The van der Waals surface area contributed by atoms with Gasteiger partial charge in [-0.3, -0.25) is 9.98 Å². The van der Waals surface area contributed by atoms with Crippen LogP contribution in [0.15, 0.2) is 84.4 Å². The molecule has 4 heterocycles. The highest BCUT2D eigenvalue weighted by atomic mass is 19.1. The molecule has 0 bridgehead atoms. The van der Waals surface area contributed by atoms with Crippen molar-refractivity contribution in [3.63, 3.8) is 0 Å². The number of benzene rings is 1. The maximum atomic E-state index is 14.3. The Hall–Kier alpha value is -3.93. The number of rotatable bonds is 3. The molecule has 0 saturated heterocycles. The first-order chi connectivity index (χ1) is 14.2. The van der Waals surface area contributed by atoms with Crippen LogP contribution in [0.25, 0.3) is 11.1 Å². The van der Waals surface area contributed by atoms with Crippen LogP contribution in [0.3, 0.4) is 0 Å². The smallest absolute Gasteiger partial charge is 0.220 e. The highest BCUT2D eigenvalue weighted by molar-refractivity contribution is 5.91. The second-order valence-electron chi connectivity index (χ2n) is 6.79. The third kappa shape index (κ3) is 2.61. The highest BCUT2D eigenvalue weighted by Gasteiger charge is 2.42. The van der Waals surface area contributed by atoms with Gasteiger partial charge in [-0.1, -0.05) is 18.2 Å². The lowest BCUT2D eigenvalue weighted by Crippen LogP contribution is -2.27. The Morgan fingerprint density at radius 1 is 0.828 bits per heavy atom. The Bertz CT molecular complexity index is 1240. The van der Waals surface area contributed by atoms with Gasteiger partial charge in [-0.05, 0) is 53.1 Å². The lowest BCUT2D eigenvalue weighted by atomic mass is 9.77. The van der Waals surface area contributed by atoms with Crippen LogP contribution >= 0.6 is 0 Å². The van der Waals surface area contributed by atoms with Gasteiger partial charge in [0, 0.05) is 47.7 Å². The fraction of sp³-hybridized carbons (Fsp3) is 0.0435. The first-order valence-corrected chi connectivity index (χ1v) is 9.12. The van der Waals surface area contributed by atoms with Gasteiger partial charge in [-0.2, -0.15) is 4.39 Å². The molecule has 5 rings (SSSR count). The van der Waals surface area contributed by atoms with Crippen molar-refractivity contribution in [2.24, 2.45) is 4.99 Å². The van der Waals surface area contributed by atoms with Gasteiger partial charge < -0.3 is 5.73 Å². The van der Waals surface area contributed by atoms with Gasteiger partial charge in [-0.25, -0.2) is 9.97 Å². The van der Waals surface area contributed by atoms with Crippen LogP contribution in [0, 0.1) is 5.95 Å². The summed E-state index contributed by atoms with van der Waals surface area (Å²) >= 11 is 0. The molecule has 0 amide bonds. The summed E-state index contributed by atoms with van der Waals surface area (Å²) in [6.07, 6.45) is 8.37. The summed E-state index contributed by atoms with van der Waals surface area (Å²) in [4.78, 5) is 17.1. The van der Waals surface area contributed by atoms with Crippen molar-refractivity contribution in [2.75, 3.05) is 5.73 Å². The van der Waals surface area contributed by atoms with E-state index in [1.165, 1.54) is 6.20 Å². The van der Waals surface area contributed by atoms with Gasteiger partial charge in [0.2, 0.25) is 5.95 Å². The maximum Gasteiger partial charge on any atom is 0.220 e. The molecule has 0 aliphatic carbocycles. The van der Waals surface area contributed by atoms with Crippen molar-refractivity contribution in [2.45, 2.75) is 5.54 Å². The number of halogens is 1. The number of fused-ring (bicyclic) bond motifs is 1. The third-order valence-electron chi connectivity index (χ3n) is 5.22. The van der Waals surface area contributed by atoms with Gasteiger partial charge in [0.1, 0.15) is 11.4 Å². The maximum absolute atomic E-state index is 14.3. The van der Waals surface area contributed by atoms with E-state index >= 15 is 0 Å². The van der Waals surface area contributed by atoms with Crippen LogP contribution in [-0.4, -0.2) is 21.2 Å². The topological polar surface area (TPSA) is 77.0 Å². The van der Waals surface area contributed by atoms with E-state index in [-0.39, 0.29) is 0 Å². The van der Waals surface area contributed by atoms with Crippen molar-refractivity contribution >= 4 is 12.0 Å². The number of nitrogens with zero attached hydrogens (tertiary/aromatic N) is 4. The van der Waals surface area contributed by atoms with Crippen LogP contribution in [0.1, 0.15) is 22.3 Å². The second kappa shape index (κ2) is 6.60. The van der Waals surface area contributed by atoms with E-state index in [1.54, 1.807) is 30.7 Å². The summed E-state index contributed by atoms with van der Waals surface area (Å²) in [5, 5.41) is 0. The molecule has 6 heteroatoms. The summed E-state index contributed by atoms with van der Waals surface area (Å²) in [5.74, 6) is -0.103. The van der Waals surface area contributed by atoms with E-state index in [1.807, 2.05) is 48.7 Å². The average Bonchev–Trinajstić information content (AvgIpc) is 3.17. The molecule has 1 aliphatic heterocycles. The average molecular weight is 381 g/mol. The molecule has 0 fully saturated rings. The minimum atomic E-state index is -0.884. The summed E-state index contributed by atoms with van der Waals surface area (Å²) < 4.78 is 14.3. The normalized spacial score (nSPS) is 17.3. The summed E-state index contributed by atoms with van der Waals surface area (Å²) in [6.45, 7) is 0. The monoisotopic (exact) mass is 381 g/mol. The SMILES string of the molecule is Nc1nccc2c1C(c1ccncc1)(c1cccc(-c3cccnc3F)c1)N=C2. The molecule has 2 N–H and O–H groups in total. The Balaban J connectivity index is 1.79. The number of nitrogens with two attached hydrogens (primary N) is 1. The van der Waals surface area contributed by atoms with Crippen molar-refractivity contribution in [3.8, 4) is 11.1 Å².